The van der Waals surface area contributed by atoms with Crippen molar-refractivity contribution in [1.82, 2.24) is 20.9 Å². The number of carbonyl (C=O) groups is 3. The number of hydrogen-bond acceptors (Lipinski definition) is 4. The van der Waals surface area contributed by atoms with E-state index in [0.29, 0.717) is 37.5 Å². The Labute approximate surface area is 224 Å². The number of aliphatic hydroxyl groups is 1. The molecule has 0 aromatic heterocycles. The Morgan fingerprint density at radius 3 is 2.51 bits per heavy atom. The van der Waals surface area contributed by atoms with Crippen LogP contribution in [0.2, 0.25) is 5.02 Å². The lowest BCUT2D eigenvalue weighted by atomic mass is 9.66. The molecule has 9 heteroatoms. The molecule has 1 spiro atoms. The molecule has 2 aliphatic heterocycles. The van der Waals surface area contributed by atoms with Gasteiger partial charge in [0.1, 0.15) is 6.04 Å². The van der Waals surface area contributed by atoms with Crippen molar-refractivity contribution in [1.29, 1.82) is 0 Å². The molecule has 8 nitrogen and oxygen atoms in total. The van der Waals surface area contributed by atoms with E-state index in [4.69, 9.17) is 11.6 Å². The summed E-state index contributed by atoms with van der Waals surface area (Å²) in [5.74, 6) is -0.119. The van der Waals surface area contributed by atoms with Gasteiger partial charge in [0.05, 0.1) is 5.60 Å². The van der Waals surface area contributed by atoms with Crippen molar-refractivity contribution >= 4 is 29.4 Å². The Kier molecular flexibility index (Phi) is 7.82. The minimum absolute atomic E-state index is 0.0738. The van der Waals surface area contributed by atoms with Crippen LogP contribution in [0, 0.1) is 17.3 Å². The van der Waals surface area contributed by atoms with Gasteiger partial charge in [-0.2, -0.15) is 0 Å². The standard InChI is InChI=1S/C28H41ClN4O4/c1-18(2)23(31-22(34)15-19-9-10-27(16-19)11-13-30-25(36)32-27)24(35)33-14-12-28(37,26(3,4)17-33)20-5-7-21(29)8-6-20/h5-8,18-19,23,37H,9-17H2,1-4H3,(H,31,34)(H2,30,32,36)/t19-,23+,27?,28-/m0/s1. The molecular weight excluding hydrogens is 492 g/mol. The van der Waals surface area contributed by atoms with E-state index >= 15 is 0 Å². The molecule has 4 atom stereocenters. The van der Waals surface area contributed by atoms with Crippen molar-refractivity contribution in [3.63, 3.8) is 0 Å². The maximum absolute atomic E-state index is 13.6. The number of halogens is 1. The number of nitrogens with zero attached hydrogens (tertiary/aromatic N) is 1. The molecule has 1 aliphatic carbocycles. The maximum atomic E-state index is 13.6. The minimum atomic E-state index is -1.09. The van der Waals surface area contributed by atoms with E-state index in [2.05, 4.69) is 16.0 Å². The smallest absolute Gasteiger partial charge is 0.315 e. The number of rotatable bonds is 6. The van der Waals surface area contributed by atoms with Gasteiger partial charge in [-0.05, 0) is 61.6 Å². The molecule has 4 N–H and O–H groups in total. The Hall–Kier alpha value is -2.32. The number of carbonyl (C=O) groups excluding carboxylic acids is 3. The highest BCUT2D eigenvalue weighted by atomic mass is 35.5. The summed E-state index contributed by atoms with van der Waals surface area (Å²) in [4.78, 5) is 40.3. The van der Waals surface area contributed by atoms with Crippen molar-refractivity contribution in [3.8, 4) is 0 Å². The topological polar surface area (TPSA) is 111 Å². The van der Waals surface area contributed by atoms with Crippen LogP contribution in [0.1, 0.15) is 71.8 Å². The fraction of sp³-hybridized carbons (Fsp3) is 0.679. The van der Waals surface area contributed by atoms with Gasteiger partial charge in [0.15, 0.2) is 0 Å². The molecule has 2 saturated heterocycles. The van der Waals surface area contributed by atoms with Crippen LogP contribution in [-0.4, -0.2) is 59.1 Å². The molecular formula is C28H41ClN4O4. The highest BCUT2D eigenvalue weighted by molar-refractivity contribution is 6.30. The fourth-order valence-electron chi connectivity index (χ4n) is 6.49. The second-order valence-corrected chi connectivity index (χ2v) is 12.7. The zero-order valence-corrected chi connectivity index (χ0v) is 23.2. The molecule has 1 aromatic carbocycles. The number of benzene rings is 1. The summed E-state index contributed by atoms with van der Waals surface area (Å²) < 4.78 is 0. The van der Waals surface area contributed by atoms with E-state index in [9.17, 15) is 19.5 Å². The SMILES string of the molecule is CC(C)[C@@H](NC(=O)C[C@@H]1CCC2(CCNC(=O)N2)C1)C(=O)N1CC[C@](O)(c2ccc(Cl)cc2)C(C)(C)C1. The van der Waals surface area contributed by atoms with Crippen LogP contribution in [0.25, 0.3) is 0 Å². The van der Waals surface area contributed by atoms with E-state index < -0.39 is 17.1 Å². The first kappa shape index (κ1) is 27.7. The number of amides is 4. The predicted octanol–water partition coefficient (Wildman–Crippen LogP) is 3.56. The highest BCUT2D eigenvalue weighted by Gasteiger charge is 2.50. The summed E-state index contributed by atoms with van der Waals surface area (Å²) in [7, 11) is 0. The van der Waals surface area contributed by atoms with E-state index in [0.717, 1.165) is 31.2 Å². The van der Waals surface area contributed by atoms with Crippen molar-refractivity contribution in [2.75, 3.05) is 19.6 Å². The molecule has 204 valence electrons. The monoisotopic (exact) mass is 532 g/mol. The number of likely N-dealkylation sites (tertiary alicyclic amines) is 1. The van der Waals surface area contributed by atoms with Crippen molar-refractivity contribution in [3.05, 3.63) is 34.9 Å². The molecule has 0 bridgehead atoms. The van der Waals surface area contributed by atoms with Gasteiger partial charge in [-0.3, -0.25) is 9.59 Å². The van der Waals surface area contributed by atoms with Gasteiger partial charge in [-0.1, -0.05) is 51.4 Å². The first-order valence-corrected chi connectivity index (χ1v) is 13.8. The van der Waals surface area contributed by atoms with Gasteiger partial charge in [0.25, 0.3) is 0 Å². The molecule has 1 aromatic rings. The number of piperidine rings is 1. The van der Waals surface area contributed by atoms with Gasteiger partial charge in [-0.15, -0.1) is 0 Å². The molecule has 1 saturated carbocycles. The molecule has 4 amide bonds. The average Bonchev–Trinajstić information content (AvgIpc) is 3.19. The van der Waals surface area contributed by atoms with Crippen molar-refractivity contribution in [2.24, 2.45) is 17.3 Å². The van der Waals surface area contributed by atoms with Gasteiger partial charge in [-0.25, -0.2) is 4.79 Å². The van der Waals surface area contributed by atoms with Gasteiger partial charge in [0, 0.05) is 42.0 Å². The predicted molar refractivity (Wildman–Crippen MR) is 143 cm³/mol. The van der Waals surface area contributed by atoms with Crippen LogP contribution >= 0.6 is 11.6 Å². The zero-order chi connectivity index (χ0) is 27.0. The lowest BCUT2D eigenvalue weighted by Gasteiger charge is -2.51. The third-order valence-corrected chi connectivity index (χ3v) is 9.04. The van der Waals surface area contributed by atoms with Crippen LogP contribution in [0.5, 0.6) is 0 Å². The van der Waals surface area contributed by atoms with Gasteiger partial charge in [0.2, 0.25) is 11.8 Å². The lowest BCUT2D eigenvalue weighted by molar-refractivity contribution is -0.156. The average molecular weight is 533 g/mol. The van der Waals surface area contributed by atoms with Crippen LogP contribution in [0.3, 0.4) is 0 Å². The van der Waals surface area contributed by atoms with Crippen molar-refractivity contribution in [2.45, 2.75) is 83.4 Å². The largest absolute Gasteiger partial charge is 0.384 e. The Morgan fingerprint density at radius 1 is 1.19 bits per heavy atom. The number of urea groups is 1. The Bertz CT molecular complexity index is 1030. The van der Waals surface area contributed by atoms with Crippen LogP contribution < -0.4 is 16.0 Å². The normalized spacial score (nSPS) is 30.1. The molecule has 37 heavy (non-hydrogen) atoms. The zero-order valence-electron chi connectivity index (χ0n) is 22.4. The first-order valence-electron chi connectivity index (χ1n) is 13.5. The highest BCUT2D eigenvalue weighted by Crippen LogP contribution is 2.46. The van der Waals surface area contributed by atoms with E-state index in [1.807, 2.05) is 39.8 Å². The molecule has 2 heterocycles. The van der Waals surface area contributed by atoms with Crippen LogP contribution in [0.4, 0.5) is 4.79 Å². The molecule has 1 unspecified atom stereocenters. The van der Waals surface area contributed by atoms with Crippen LogP contribution in [-0.2, 0) is 15.2 Å². The van der Waals surface area contributed by atoms with Crippen LogP contribution in [0.15, 0.2) is 24.3 Å². The molecule has 4 rings (SSSR count). The third kappa shape index (κ3) is 5.75. The molecule has 3 fully saturated rings. The lowest BCUT2D eigenvalue weighted by Crippen LogP contribution is -2.60. The molecule has 3 aliphatic rings. The summed E-state index contributed by atoms with van der Waals surface area (Å²) in [5, 5.41) is 21.2. The summed E-state index contributed by atoms with van der Waals surface area (Å²) in [5.41, 5.74) is -1.10. The van der Waals surface area contributed by atoms with E-state index in [1.54, 1.807) is 17.0 Å². The summed E-state index contributed by atoms with van der Waals surface area (Å²) >= 11 is 6.05. The first-order chi connectivity index (χ1) is 17.3. The second-order valence-electron chi connectivity index (χ2n) is 12.3. The van der Waals surface area contributed by atoms with Gasteiger partial charge < -0.3 is 26.0 Å². The van der Waals surface area contributed by atoms with Gasteiger partial charge >= 0.3 is 6.03 Å². The second kappa shape index (κ2) is 10.4. The van der Waals surface area contributed by atoms with Crippen molar-refractivity contribution < 1.29 is 19.5 Å². The Balaban J connectivity index is 1.37. The Morgan fingerprint density at radius 2 is 1.89 bits per heavy atom. The number of nitrogens with one attached hydrogen (secondary N) is 3. The summed E-state index contributed by atoms with van der Waals surface area (Å²) in [6.45, 7) is 9.27. The third-order valence-electron chi connectivity index (χ3n) is 8.78. The quantitative estimate of drug-likeness (QED) is 0.449. The fourth-order valence-corrected chi connectivity index (χ4v) is 6.62. The van der Waals surface area contributed by atoms with E-state index in [1.165, 1.54) is 0 Å². The minimum Gasteiger partial charge on any atom is -0.384 e. The summed E-state index contributed by atoms with van der Waals surface area (Å²) in [6, 6.07) is 6.49. The maximum Gasteiger partial charge on any atom is 0.315 e. The van der Waals surface area contributed by atoms with E-state index in [-0.39, 0.29) is 35.2 Å². The summed E-state index contributed by atoms with van der Waals surface area (Å²) in [6.07, 6.45) is 4.18. The molecule has 0 radical (unpaired) electrons. The number of hydrogen-bond donors (Lipinski definition) is 4.